The molecule has 0 fully saturated rings. The van der Waals surface area contributed by atoms with Crippen LogP contribution >= 0.6 is 0 Å². The maximum Gasteiger partial charge on any atom is 0.240 e. The van der Waals surface area contributed by atoms with Crippen LogP contribution < -0.4 is 11.1 Å². The van der Waals surface area contributed by atoms with E-state index < -0.39 is 5.54 Å². The van der Waals surface area contributed by atoms with E-state index in [0.29, 0.717) is 0 Å². The highest BCUT2D eigenvalue weighted by Gasteiger charge is 2.25. The average molecular weight is 268 g/mol. The number of hydrogen-bond acceptors (Lipinski definition) is 2. The van der Waals surface area contributed by atoms with Gasteiger partial charge in [0.05, 0.1) is 11.6 Å². The number of hydrogen-bond donors (Lipinski definition) is 2. The minimum absolute atomic E-state index is 0.171. The molecule has 1 amide bonds. The van der Waals surface area contributed by atoms with Gasteiger partial charge in [-0.1, -0.05) is 60.7 Å². The summed E-state index contributed by atoms with van der Waals surface area (Å²) in [5.41, 5.74) is 7.05. The van der Waals surface area contributed by atoms with Gasteiger partial charge in [-0.15, -0.1) is 0 Å². The van der Waals surface area contributed by atoms with Crippen molar-refractivity contribution in [2.45, 2.75) is 25.4 Å². The fraction of sp³-hybridized carbons (Fsp3) is 0.235. The van der Waals surface area contributed by atoms with Crippen LogP contribution in [-0.2, 0) is 4.79 Å². The zero-order valence-electron chi connectivity index (χ0n) is 11.8. The summed E-state index contributed by atoms with van der Waals surface area (Å²) in [6, 6.07) is 19.6. The Kier molecular flexibility index (Phi) is 4.20. The molecule has 3 N–H and O–H groups in total. The van der Waals surface area contributed by atoms with Gasteiger partial charge in [0.2, 0.25) is 5.91 Å². The number of nitrogens with one attached hydrogen (secondary N) is 1. The lowest BCUT2D eigenvalue weighted by molar-refractivity contribution is -0.125. The Labute approximate surface area is 119 Å². The summed E-state index contributed by atoms with van der Waals surface area (Å²) >= 11 is 0. The Morgan fingerprint density at radius 1 is 0.950 bits per heavy atom. The third kappa shape index (κ3) is 3.45. The number of amides is 1. The van der Waals surface area contributed by atoms with Gasteiger partial charge < -0.3 is 11.1 Å². The van der Waals surface area contributed by atoms with Crippen LogP contribution in [0.4, 0.5) is 0 Å². The number of carbonyl (C=O) groups is 1. The van der Waals surface area contributed by atoms with Crippen LogP contribution in [0.2, 0.25) is 0 Å². The summed E-state index contributed by atoms with van der Waals surface area (Å²) in [5.74, 6) is -0.171. The molecular weight excluding hydrogens is 248 g/mol. The summed E-state index contributed by atoms with van der Waals surface area (Å²) < 4.78 is 0. The van der Waals surface area contributed by atoms with Gasteiger partial charge in [0.25, 0.3) is 0 Å². The molecule has 0 saturated carbocycles. The monoisotopic (exact) mass is 268 g/mol. The van der Waals surface area contributed by atoms with Crippen LogP contribution in [-0.4, -0.2) is 11.4 Å². The fourth-order valence-corrected chi connectivity index (χ4v) is 1.97. The predicted octanol–water partition coefficient (Wildman–Crippen LogP) is 2.63. The quantitative estimate of drug-likeness (QED) is 0.895. The van der Waals surface area contributed by atoms with Crippen molar-refractivity contribution >= 4 is 5.91 Å². The smallest absolute Gasteiger partial charge is 0.240 e. The highest BCUT2D eigenvalue weighted by atomic mass is 16.2. The molecule has 0 atom stereocenters. The van der Waals surface area contributed by atoms with E-state index in [0.717, 1.165) is 11.1 Å². The highest BCUT2D eigenvalue weighted by Crippen LogP contribution is 2.22. The molecule has 0 aliphatic rings. The van der Waals surface area contributed by atoms with Crippen LogP contribution in [0.1, 0.15) is 31.0 Å². The Bertz CT molecular complexity index is 519. The second kappa shape index (κ2) is 5.88. The standard InChI is InChI=1S/C17H20N2O/c1-17(2,18)16(20)19-15(13-9-5-3-6-10-13)14-11-7-4-8-12-14/h3-12,15H,18H2,1-2H3,(H,19,20). The predicted molar refractivity (Wildman–Crippen MR) is 81.1 cm³/mol. The molecule has 0 aliphatic carbocycles. The maximum atomic E-state index is 12.2. The lowest BCUT2D eigenvalue weighted by atomic mass is 9.97. The molecular formula is C17H20N2O. The lowest BCUT2D eigenvalue weighted by Crippen LogP contribution is -2.50. The van der Waals surface area contributed by atoms with E-state index in [1.807, 2.05) is 60.7 Å². The molecule has 0 spiro atoms. The molecule has 0 aliphatic heterocycles. The van der Waals surface area contributed by atoms with E-state index in [9.17, 15) is 4.79 Å². The van der Waals surface area contributed by atoms with Gasteiger partial charge in [0.15, 0.2) is 0 Å². The zero-order chi connectivity index (χ0) is 14.6. The molecule has 2 aromatic carbocycles. The van der Waals surface area contributed by atoms with Crippen LogP contribution in [0.15, 0.2) is 60.7 Å². The van der Waals surface area contributed by atoms with Gasteiger partial charge in [-0.05, 0) is 25.0 Å². The van der Waals surface area contributed by atoms with Gasteiger partial charge in [-0.2, -0.15) is 0 Å². The molecule has 2 rings (SSSR count). The van der Waals surface area contributed by atoms with Gasteiger partial charge in [-0.3, -0.25) is 4.79 Å². The summed E-state index contributed by atoms with van der Waals surface area (Å²) in [5, 5.41) is 3.03. The normalized spacial score (nSPS) is 11.4. The lowest BCUT2D eigenvalue weighted by Gasteiger charge is -2.25. The first-order chi connectivity index (χ1) is 9.48. The molecule has 0 saturated heterocycles. The average Bonchev–Trinajstić information content (AvgIpc) is 2.45. The molecule has 3 heteroatoms. The molecule has 3 nitrogen and oxygen atoms in total. The molecule has 2 aromatic rings. The first-order valence-corrected chi connectivity index (χ1v) is 6.68. The third-order valence-corrected chi connectivity index (χ3v) is 3.13. The topological polar surface area (TPSA) is 55.1 Å². The van der Waals surface area contributed by atoms with E-state index in [1.54, 1.807) is 13.8 Å². The van der Waals surface area contributed by atoms with E-state index in [1.165, 1.54) is 0 Å². The van der Waals surface area contributed by atoms with Gasteiger partial charge >= 0.3 is 0 Å². The van der Waals surface area contributed by atoms with Crippen molar-refractivity contribution in [1.82, 2.24) is 5.32 Å². The van der Waals surface area contributed by atoms with Crippen LogP contribution in [0.3, 0.4) is 0 Å². The zero-order valence-corrected chi connectivity index (χ0v) is 11.8. The van der Waals surface area contributed by atoms with Crippen molar-refractivity contribution in [2.24, 2.45) is 5.73 Å². The largest absolute Gasteiger partial charge is 0.344 e. The third-order valence-electron chi connectivity index (χ3n) is 3.13. The molecule has 104 valence electrons. The van der Waals surface area contributed by atoms with Crippen molar-refractivity contribution in [3.8, 4) is 0 Å². The van der Waals surface area contributed by atoms with E-state index in [4.69, 9.17) is 5.73 Å². The van der Waals surface area contributed by atoms with Gasteiger partial charge in [0.1, 0.15) is 0 Å². The summed E-state index contributed by atoms with van der Waals surface area (Å²) in [6.45, 7) is 3.41. The highest BCUT2D eigenvalue weighted by molar-refractivity contribution is 5.85. The van der Waals surface area contributed by atoms with Gasteiger partial charge in [0, 0.05) is 0 Å². The van der Waals surface area contributed by atoms with E-state index >= 15 is 0 Å². The first kappa shape index (κ1) is 14.3. The fourth-order valence-electron chi connectivity index (χ4n) is 1.97. The van der Waals surface area contributed by atoms with E-state index in [2.05, 4.69) is 5.32 Å². The Balaban J connectivity index is 2.34. The number of carbonyl (C=O) groups excluding carboxylic acids is 1. The molecule has 0 aromatic heterocycles. The van der Waals surface area contributed by atoms with Crippen molar-refractivity contribution in [1.29, 1.82) is 0 Å². The molecule has 0 heterocycles. The molecule has 0 unspecified atom stereocenters. The second-order valence-electron chi connectivity index (χ2n) is 5.45. The van der Waals surface area contributed by atoms with Crippen molar-refractivity contribution in [3.63, 3.8) is 0 Å². The number of nitrogens with two attached hydrogens (primary N) is 1. The Hall–Kier alpha value is -2.13. The van der Waals surface area contributed by atoms with Crippen LogP contribution in [0, 0.1) is 0 Å². The SMILES string of the molecule is CC(C)(N)C(=O)NC(c1ccccc1)c1ccccc1. The van der Waals surface area contributed by atoms with E-state index in [-0.39, 0.29) is 11.9 Å². The molecule has 0 bridgehead atoms. The summed E-state index contributed by atoms with van der Waals surface area (Å²) in [7, 11) is 0. The van der Waals surface area contributed by atoms with Gasteiger partial charge in [-0.25, -0.2) is 0 Å². The molecule has 20 heavy (non-hydrogen) atoms. The maximum absolute atomic E-state index is 12.2. The Morgan fingerprint density at radius 2 is 1.35 bits per heavy atom. The van der Waals surface area contributed by atoms with Crippen molar-refractivity contribution in [2.75, 3.05) is 0 Å². The summed E-state index contributed by atoms with van der Waals surface area (Å²) in [4.78, 5) is 12.2. The summed E-state index contributed by atoms with van der Waals surface area (Å²) in [6.07, 6.45) is 0. The van der Waals surface area contributed by atoms with Crippen molar-refractivity contribution in [3.05, 3.63) is 71.8 Å². The number of rotatable bonds is 4. The minimum Gasteiger partial charge on any atom is -0.344 e. The Morgan fingerprint density at radius 3 is 1.70 bits per heavy atom. The molecule has 0 radical (unpaired) electrons. The van der Waals surface area contributed by atoms with Crippen LogP contribution in [0.5, 0.6) is 0 Å². The first-order valence-electron chi connectivity index (χ1n) is 6.68. The minimum atomic E-state index is -0.901. The van der Waals surface area contributed by atoms with Crippen molar-refractivity contribution < 1.29 is 4.79 Å². The van der Waals surface area contributed by atoms with Crippen LogP contribution in [0.25, 0.3) is 0 Å². The number of benzene rings is 2. The second-order valence-corrected chi connectivity index (χ2v) is 5.45.